The minimum Gasteiger partial charge on any atom is -0.358 e. The third-order valence-corrected chi connectivity index (χ3v) is 5.49. The molecule has 0 saturated heterocycles. The van der Waals surface area contributed by atoms with Crippen molar-refractivity contribution in [1.29, 1.82) is 0 Å². The molecule has 0 aliphatic heterocycles. The average Bonchev–Trinajstić information content (AvgIpc) is 2.51. The van der Waals surface area contributed by atoms with Crippen LogP contribution in [0.15, 0.2) is 91.0 Å². The van der Waals surface area contributed by atoms with Gasteiger partial charge in [-0.1, -0.05) is 91.0 Å². The summed E-state index contributed by atoms with van der Waals surface area (Å²) in [4.78, 5) is 0. The topological polar surface area (TPSA) is 0 Å². The fraction of sp³-hybridized carbons (Fsp3) is 0. The molecule has 0 saturated carbocycles. The van der Waals surface area contributed by atoms with Crippen LogP contribution >= 0.6 is 7.92 Å². The average molecular weight is 317 g/mol. The van der Waals surface area contributed by atoms with Crippen LogP contribution in [0.3, 0.4) is 0 Å². The molecule has 3 aromatic carbocycles. The van der Waals surface area contributed by atoms with E-state index in [-0.39, 0.29) is 37.9 Å². The molecular weight excluding hydrogens is 295 g/mol. The molecule has 2 heteroatoms. The molecule has 0 N–H and O–H groups in total. The van der Waals surface area contributed by atoms with E-state index in [4.69, 9.17) is 0 Å². The van der Waals surface area contributed by atoms with E-state index >= 15 is 0 Å². The Morgan fingerprint density at radius 3 is 0.864 bits per heavy atom. The van der Waals surface area contributed by atoms with Crippen molar-refractivity contribution < 1.29 is 0 Å². The summed E-state index contributed by atoms with van der Waals surface area (Å²) >= 11 is 0. The van der Waals surface area contributed by atoms with Crippen LogP contribution in [0.5, 0.6) is 0 Å². The van der Waals surface area contributed by atoms with Crippen LogP contribution in [0.1, 0.15) is 0 Å². The van der Waals surface area contributed by atoms with Gasteiger partial charge in [0.05, 0.1) is 0 Å². The molecule has 0 atom stereocenters. The van der Waals surface area contributed by atoms with Gasteiger partial charge in [0.15, 0.2) is 0 Å². The number of benzene rings is 3. The zero-order chi connectivity index (χ0) is 12.9. The monoisotopic (exact) mass is 316 g/mol. The van der Waals surface area contributed by atoms with Crippen molar-refractivity contribution in [1.82, 2.24) is 0 Å². The maximum Gasteiger partial charge on any atom is 2.00 e. The SMILES string of the molecule is [CH3-].[CH3-].[Mg+2].c1ccc(P(c2ccccc2)c2ccccc2)cc1. The minimum absolute atomic E-state index is 0. The van der Waals surface area contributed by atoms with E-state index in [9.17, 15) is 0 Å². The van der Waals surface area contributed by atoms with Gasteiger partial charge in [0, 0.05) is 0 Å². The van der Waals surface area contributed by atoms with Gasteiger partial charge in [0.1, 0.15) is 0 Å². The number of hydrogen-bond acceptors (Lipinski definition) is 0. The summed E-state index contributed by atoms with van der Waals surface area (Å²) in [6.45, 7) is 0. The Morgan fingerprint density at radius 2 is 0.636 bits per heavy atom. The standard InChI is InChI=1S/C18H15P.2CH3.Mg/c1-4-10-16(11-5-1)19(17-12-6-2-7-13-17)18-14-8-3-9-15-18;;;/h1-15H;2*1H3;/q;2*-1;+2. The summed E-state index contributed by atoms with van der Waals surface area (Å²) in [5.74, 6) is 0. The molecule has 0 amide bonds. The summed E-state index contributed by atoms with van der Waals surface area (Å²) in [7, 11) is -0.446. The molecule has 0 heterocycles. The molecule has 0 bridgehead atoms. The van der Waals surface area contributed by atoms with Crippen molar-refractivity contribution >= 4 is 46.9 Å². The van der Waals surface area contributed by atoms with Gasteiger partial charge in [-0.25, -0.2) is 0 Å². The first-order valence-electron chi connectivity index (χ1n) is 6.40. The number of rotatable bonds is 3. The van der Waals surface area contributed by atoms with Gasteiger partial charge in [0.2, 0.25) is 0 Å². The normalized spacial score (nSPS) is 9.14. The Bertz CT molecular complexity index is 530. The quantitative estimate of drug-likeness (QED) is 0.390. The van der Waals surface area contributed by atoms with E-state index in [2.05, 4.69) is 91.0 Å². The molecule has 0 radical (unpaired) electrons. The van der Waals surface area contributed by atoms with Gasteiger partial charge >= 0.3 is 23.1 Å². The molecule has 0 spiro atoms. The van der Waals surface area contributed by atoms with Gasteiger partial charge in [0.25, 0.3) is 0 Å². The Morgan fingerprint density at radius 1 is 0.409 bits per heavy atom. The van der Waals surface area contributed by atoms with E-state index in [1.807, 2.05) is 0 Å². The molecule has 3 aromatic rings. The molecule has 0 fully saturated rings. The Labute approximate surface area is 152 Å². The van der Waals surface area contributed by atoms with E-state index < -0.39 is 7.92 Å². The van der Waals surface area contributed by atoms with Crippen LogP contribution in [0.4, 0.5) is 0 Å². The Kier molecular flexibility index (Phi) is 10.0. The predicted molar refractivity (Wildman–Crippen MR) is 104 cm³/mol. The second kappa shape index (κ2) is 10.6. The van der Waals surface area contributed by atoms with Crippen LogP contribution < -0.4 is 15.9 Å². The smallest absolute Gasteiger partial charge is 0.358 e. The third kappa shape index (κ3) is 4.95. The van der Waals surface area contributed by atoms with Crippen molar-refractivity contribution in [2.24, 2.45) is 0 Å². The summed E-state index contributed by atoms with van der Waals surface area (Å²) in [5.41, 5.74) is 0. The minimum atomic E-state index is -0.446. The summed E-state index contributed by atoms with van der Waals surface area (Å²) in [5, 5.41) is 4.19. The first-order chi connectivity index (χ1) is 9.45. The van der Waals surface area contributed by atoms with E-state index in [0.717, 1.165) is 0 Å². The summed E-state index contributed by atoms with van der Waals surface area (Å²) in [6, 6.07) is 32.3. The first kappa shape index (κ1) is 20.9. The first-order valence-corrected chi connectivity index (χ1v) is 7.74. The van der Waals surface area contributed by atoms with Gasteiger partial charge in [-0.3, -0.25) is 0 Å². The molecule has 0 aliphatic rings. The van der Waals surface area contributed by atoms with Crippen molar-refractivity contribution in [2.45, 2.75) is 0 Å². The molecule has 0 aliphatic carbocycles. The fourth-order valence-electron chi connectivity index (χ4n) is 2.18. The molecular formula is C20H21MgP. The Balaban J connectivity index is 0.00000147. The van der Waals surface area contributed by atoms with E-state index in [0.29, 0.717) is 0 Å². The Hall–Kier alpha value is -1.14. The zero-order valence-corrected chi connectivity index (χ0v) is 15.6. The molecule has 0 nitrogen and oxygen atoms in total. The molecule has 0 unspecified atom stereocenters. The largest absolute Gasteiger partial charge is 2.00 e. The van der Waals surface area contributed by atoms with Gasteiger partial charge in [-0.15, -0.1) is 0 Å². The van der Waals surface area contributed by atoms with Crippen molar-refractivity contribution in [3.8, 4) is 0 Å². The van der Waals surface area contributed by atoms with Crippen LogP contribution in [0.25, 0.3) is 0 Å². The summed E-state index contributed by atoms with van der Waals surface area (Å²) in [6.07, 6.45) is 0. The van der Waals surface area contributed by atoms with Crippen LogP contribution in [0.2, 0.25) is 0 Å². The third-order valence-electron chi connectivity index (χ3n) is 3.04. The van der Waals surface area contributed by atoms with E-state index in [1.54, 1.807) is 0 Å². The molecule has 22 heavy (non-hydrogen) atoms. The maximum absolute atomic E-state index is 2.23. The van der Waals surface area contributed by atoms with Crippen molar-refractivity contribution in [3.05, 3.63) is 106 Å². The predicted octanol–water partition coefficient (Wildman–Crippen LogP) is 3.96. The van der Waals surface area contributed by atoms with Crippen LogP contribution in [-0.2, 0) is 0 Å². The number of hydrogen-bond donors (Lipinski definition) is 0. The molecule has 0 aromatic heterocycles. The van der Waals surface area contributed by atoms with Crippen LogP contribution in [-0.4, -0.2) is 23.1 Å². The van der Waals surface area contributed by atoms with Gasteiger partial charge in [-0.2, -0.15) is 0 Å². The van der Waals surface area contributed by atoms with Crippen molar-refractivity contribution in [2.75, 3.05) is 0 Å². The zero-order valence-electron chi connectivity index (χ0n) is 13.3. The van der Waals surface area contributed by atoms with Gasteiger partial charge in [-0.05, 0) is 23.8 Å². The van der Waals surface area contributed by atoms with Crippen LogP contribution in [0, 0.1) is 14.9 Å². The van der Waals surface area contributed by atoms with Crippen molar-refractivity contribution in [3.63, 3.8) is 0 Å². The molecule has 108 valence electrons. The maximum atomic E-state index is 2.23. The van der Waals surface area contributed by atoms with E-state index in [1.165, 1.54) is 15.9 Å². The summed E-state index contributed by atoms with van der Waals surface area (Å²) < 4.78 is 0. The second-order valence-corrected chi connectivity index (χ2v) is 6.56. The second-order valence-electron chi connectivity index (χ2n) is 4.34. The fourth-order valence-corrected chi connectivity index (χ4v) is 4.48. The van der Waals surface area contributed by atoms with Gasteiger partial charge < -0.3 is 14.9 Å². The molecule has 3 rings (SSSR count).